The third-order valence-corrected chi connectivity index (χ3v) is 7.09. The molecule has 26 heavy (non-hydrogen) atoms. The van der Waals surface area contributed by atoms with E-state index in [2.05, 4.69) is 5.32 Å². The highest BCUT2D eigenvalue weighted by Crippen LogP contribution is 2.21. The standard InChI is InChI=1S/C19H22N2O3S2/c1-25-17-8-6-16(7-9-17)19(22)20-14-15-4-10-18(11-5-15)26(23,24)21-12-2-3-13-21/h4-11H,2-3,12-14H2,1H3,(H,20,22). The molecule has 5 nitrogen and oxygen atoms in total. The maximum absolute atomic E-state index is 12.5. The van der Waals surface area contributed by atoms with Crippen molar-refractivity contribution in [1.29, 1.82) is 0 Å². The molecule has 1 aliphatic rings. The molecule has 0 aromatic heterocycles. The summed E-state index contributed by atoms with van der Waals surface area (Å²) in [5.74, 6) is -0.147. The Morgan fingerprint density at radius 3 is 2.23 bits per heavy atom. The van der Waals surface area contributed by atoms with Crippen LogP contribution in [-0.4, -0.2) is 38.0 Å². The van der Waals surface area contributed by atoms with Crippen LogP contribution in [0.2, 0.25) is 0 Å². The van der Waals surface area contributed by atoms with Gasteiger partial charge in [-0.15, -0.1) is 11.8 Å². The van der Waals surface area contributed by atoms with Gasteiger partial charge in [-0.3, -0.25) is 4.79 Å². The number of nitrogens with one attached hydrogen (secondary N) is 1. The minimum atomic E-state index is -3.39. The van der Waals surface area contributed by atoms with Gasteiger partial charge in [0.2, 0.25) is 10.0 Å². The fourth-order valence-corrected chi connectivity index (χ4v) is 4.81. The number of rotatable bonds is 6. The van der Waals surface area contributed by atoms with E-state index < -0.39 is 10.0 Å². The normalized spacial score (nSPS) is 15.1. The molecule has 0 radical (unpaired) electrons. The number of benzene rings is 2. The van der Waals surface area contributed by atoms with Gasteiger partial charge in [-0.25, -0.2) is 8.42 Å². The van der Waals surface area contributed by atoms with Crippen molar-refractivity contribution in [3.8, 4) is 0 Å². The molecule has 1 amide bonds. The Kier molecular flexibility index (Phi) is 6.01. The van der Waals surface area contributed by atoms with Crippen molar-refractivity contribution in [3.05, 3.63) is 59.7 Å². The summed E-state index contributed by atoms with van der Waals surface area (Å²) in [5.41, 5.74) is 1.47. The SMILES string of the molecule is CSc1ccc(C(=O)NCc2ccc(S(=O)(=O)N3CCCC3)cc2)cc1. The first-order valence-corrected chi connectivity index (χ1v) is 11.2. The van der Waals surface area contributed by atoms with Crippen molar-refractivity contribution in [1.82, 2.24) is 9.62 Å². The van der Waals surface area contributed by atoms with E-state index in [1.807, 2.05) is 18.4 Å². The van der Waals surface area contributed by atoms with E-state index in [1.165, 1.54) is 4.31 Å². The molecular formula is C19H22N2O3S2. The highest BCUT2D eigenvalue weighted by Gasteiger charge is 2.26. The number of sulfonamides is 1. The lowest BCUT2D eigenvalue weighted by Gasteiger charge is -2.15. The monoisotopic (exact) mass is 390 g/mol. The summed E-state index contributed by atoms with van der Waals surface area (Å²) in [7, 11) is -3.39. The van der Waals surface area contributed by atoms with Gasteiger partial charge in [0.25, 0.3) is 5.91 Å². The van der Waals surface area contributed by atoms with Crippen LogP contribution in [0, 0.1) is 0 Å². The zero-order chi connectivity index (χ0) is 18.6. The fourth-order valence-electron chi connectivity index (χ4n) is 2.88. The summed E-state index contributed by atoms with van der Waals surface area (Å²) in [6, 6.07) is 14.2. The molecule has 1 saturated heterocycles. The highest BCUT2D eigenvalue weighted by atomic mass is 32.2. The van der Waals surface area contributed by atoms with E-state index in [0.717, 1.165) is 23.3 Å². The molecule has 0 aliphatic carbocycles. The molecule has 2 aromatic carbocycles. The Bertz CT molecular complexity index is 857. The van der Waals surface area contributed by atoms with E-state index in [-0.39, 0.29) is 5.91 Å². The van der Waals surface area contributed by atoms with E-state index in [4.69, 9.17) is 0 Å². The van der Waals surface area contributed by atoms with E-state index in [9.17, 15) is 13.2 Å². The number of amides is 1. The van der Waals surface area contributed by atoms with Crippen molar-refractivity contribution in [2.75, 3.05) is 19.3 Å². The number of thioether (sulfide) groups is 1. The van der Waals surface area contributed by atoms with Crippen LogP contribution in [0.4, 0.5) is 0 Å². The smallest absolute Gasteiger partial charge is 0.251 e. The van der Waals surface area contributed by atoms with Crippen molar-refractivity contribution in [2.45, 2.75) is 29.2 Å². The Labute approximate surface area is 158 Å². The van der Waals surface area contributed by atoms with Crippen molar-refractivity contribution < 1.29 is 13.2 Å². The predicted molar refractivity (Wildman–Crippen MR) is 104 cm³/mol. The average Bonchev–Trinajstić information content (AvgIpc) is 3.22. The van der Waals surface area contributed by atoms with Gasteiger partial charge in [-0.2, -0.15) is 4.31 Å². The zero-order valence-electron chi connectivity index (χ0n) is 14.6. The van der Waals surface area contributed by atoms with Crippen LogP contribution in [0.5, 0.6) is 0 Å². The third-order valence-electron chi connectivity index (χ3n) is 4.43. The summed E-state index contributed by atoms with van der Waals surface area (Å²) >= 11 is 1.63. The molecule has 1 heterocycles. The fraction of sp³-hybridized carbons (Fsp3) is 0.316. The number of nitrogens with zero attached hydrogens (tertiary/aromatic N) is 1. The molecule has 138 valence electrons. The van der Waals surface area contributed by atoms with Crippen molar-refractivity contribution >= 4 is 27.7 Å². The average molecular weight is 391 g/mol. The predicted octanol–water partition coefficient (Wildman–Crippen LogP) is 3.12. The molecule has 3 rings (SSSR count). The second-order valence-electron chi connectivity index (χ2n) is 6.17. The second kappa shape index (κ2) is 8.24. The molecule has 1 fully saturated rings. The molecule has 2 aromatic rings. The molecule has 0 spiro atoms. The van der Waals surface area contributed by atoms with Gasteiger partial charge >= 0.3 is 0 Å². The third kappa shape index (κ3) is 4.28. The lowest BCUT2D eigenvalue weighted by atomic mass is 10.2. The Morgan fingerprint density at radius 2 is 1.65 bits per heavy atom. The number of hydrogen-bond donors (Lipinski definition) is 1. The van der Waals surface area contributed by atoms with E-state index in [1.54, 1.807) is 48.2 Å². The summed E-state index contributed by atoms with van der Waals surface area (Å²) in [4.78, 5) is 13.6. The first kappa shape index (κ1) is 18.9. The maximum Gasteiger partial charge on any atom is 0.251 e. The molecule has 1 N–H and O–H groups in total. The number of carbonyl (C=O) groups is 1. The summed E-state index contributed by atoms with van der Waals surface area (Å²) in [6.45, 7) is 1.54. The molecular weight excluding hydrogens is 368 g/mol. The van der Waals surface area contributed by atoms with Gasteiger partial charge < -0.3 is 5.32 Å². The molecule has 0 saturated carbocycles. The number of hydrogen-bond acceptors (Lipinski definition) is 4. The highest BCUT2D eigenvalue weighted by molar-refractivity contribution is 7.98. The van der Waals surface area contributed by atoms with Crippen LogP contribution >= 0.6 is 11.8 Å². The van der Waals surface area contributed by atoms with Crippen molar-refractivity contribution in [3.63, 3.8) is 0 Å². The van der Waals surface area contributed by atoms with E-state index >= 15 is 0 Å². The first-order chi connectivity index (χ1) is 12.5. The van der Waals surface area contributed by atoms with Gasteiger partial charge in [0, 0.05) is 30.1 Å². The zero-order valence-corrected chi connectivity index (χ0v) is 16.3. The second-order valence-corrected chi connectivity index (χ2v) is 8.98. The van der Waals surface area contributed by atoms with Gasteiger partial charge in [-0.1, -0.05) is 12.1 Å². The number of carbonyl (C=O) groups excluding carboxylic acids is 1. The van der Waals surface area contributed by atoms with Crippen LogP contribution < -0.4 is 5.32 Å². The summed E-state index contributed by atoms with van der Waals surface area (Å²) < 4.78 is 26.5. The van der Waals surface area contributed by atoms with Crippen LogP contribution in [0.3, 0.4) is 0 Å². The van der Waals surface area contributed by atoms with Gasteiger partial charge in [0.05, 0.1) is 4.90 Å². The molecule has 1 aliphatic heterocycles. The molecule has 0 unspecified atom stereocenters. The Morgan fingerprint density at radius 1 is 1.04 bits per heavy atom. The van der Waals surface area contributed by atoms with Gasteiger partial charge in [0.1, 0.15) is 0 Å². The van der Waals surface area contributed by atoms with Crippen molar-refractivity contribution in [2.24, 2.45) is 0 Å². The lowest BCUT2D eigenvalue weighted by molar-refractivity contribution is 0.0951. The maximum atomic E-state index is 12.5. The van der Waals surface area contributed by atoms with Crippen LogP contribution in [-0.2, 0) is 16.6 Å². The van der Waals surface area contributed by atoms with Crippen LogP contribution in [0.25, 0.3) is 0 Å². The lowest BCUT2D eigenvalue weighted by Crippen LogP contribution is -2.28. The largest absolute Gasteiger partial charge is 0.348 e. The van der Waals surface area contributed by atoms with Gasteiger partial charge in [-0.05, 0) is 61.1 Å². The summed E-state index contributed by atoms with van der Waals surface area (Å²) in [5, 5.41) is 2.86. The van der Waals surface area contributed by atoms with Gasteiger partial charge in [0.15, 0.2) is 0 Å². The topological polar surface area (TPSA) is 66.5 Å². The molecule has 0 atom stereocenters. The first-order valence-electron chi connectivity index (χ1n) is 8.52. The van der Waals surface area contributed by atoms with Crippen LogP contribution in [0.15, 0.2) is 58.3 Å². The molecule has 0 bridgehead atoms. The summed E-state index contributed by atoms with van der Waals surface area (Å²) in [6.07, 6.45) is 3.82. The molecule has 7 heteroatoms. The minimum absolute atomic E-state index is 0.147. The van der Waals surface area contributed by atoms with Crippen LogP contribution in [0.1, 0.15) is 28.8 Å². The van der Waals surface area contributed by atoms with E-state index in [0.29, 0.717) is 30.1 Å². The Balaban J connectivity index is 1.61. The quantitative estimate of drug-likeness (QED) is 0.770. The minimum Gasteiger partial charge on any atom is -0.348 e. The Hall–Kier alpha value is -1.83.